The lowest BCUT2D eigenvalue weighted by Crippen LogP contribution is -2.40. The molecule has 2 heterocycles. The van der Waals surface area contributed by atoms with Crippen LogP contribution in [0.25, 0.3) is 0 Å². The molecule has 1 aromatic heterocycles. The molecule has 5 nitrogen and oxygen atoms in total. The van der Waals surface area contributed by atoms with Crippen molar-refractivity contribution in [1.82, 2.24) is 15.2 Å². The fraction of sp³-hybridized carbons (Fsp3) is 0.538. The number of likely N-dealkylation sites (tertiary alicyclic amines) is 1. The molecule has 1 saturated heterocycles. The number of aromatic hydroxyl groups is 1. The standard InChI is InChI=1S/C13H19N3O2/c1-10(16-7-2-3-8-16)9-15-13(18)12-11(17)5-4-6-14-12/h4-6,10,17H,2-3,7-9H2,1H3,(H,15,18)/t10-/m1/s1. The van der Waals surface area contributed by atoms with Crippen molar-refractivity contribution < 1.29 is 9.90 Å². The van der Waals surface area contributed by atoms with Crippen LogP contribution in [0.4, 0.5) is 0 Å². The number of hydrogen-bond donors (Lipinski definition) is 2. The van der Waals surface area contributed by atoms with E-state index in [1.54, 1.807) is 6.07 Å². The summed E-state index contributed by atoms with van der Waals surface area (Å²) in [6, 6.07) is 3.38. The Balaban J connectivity index is 1.86. The summed E-state index contributed by atoms with van der Waals surface area (Å²) in [4.78, 5) is 18.1. The van der Waals surface area contributed by atoms with Gasteiger partial charge in [-0.05, 0) is 45.0 Å². The van der Waals surface area contributed by atoms with Crippen LogP contribution in [0.2, 0.25) is 0 Å². The van der Waals surface area contributed by atoms with Crippen molar-refractivity contribution in [3.63, 3.8) is 0 Å². The summed E-state index contributed by atoms with van der Waals surface area (Å²) >= 11 is 0. The molecule has 0 aromatic carbocycles. The minimum absolute atomic E-state index is 0.0798. The van der Waals surface area contributed by atoms with Crippen LogP contribution in [0, 0.1) is 0 Å². The SMILES string of the molecule is C[C@H](CNC(=O)c1ncccc1O)N1CCCC1. The van der Waals surface area contributed by atoms with Crippen LogP contribution in [-0.4, -0.2) is 46.6 Å². The first kappa shape index (κ1) is 12.8. The van der Waals surface area contributed by atoms with Gasteiger partial charge in [-0.25, -0.2) is 4.98 Å². The number of nitrogens with one attached hydrogen (secondary N) is 1. The Labute approximate surface area is 107 Å². The summed E-state index contributed by atoms with van der Waals surface area (Å²) in [5.74, 6) is -0.400. The molecule has 1 fully saturated rings. The largest absolute Gasteiger partial charge is 0.505 e. The van der Waals surface area contributed by atoms with E-state index in [0.29, 0.717) is 12.6 Å². The Morgan fingerprint density at radius 2 is 2.28 bits per heavy atom. The maximum absolute atomic E-state index is 11.8. The third-order valence-electron chi connectivity index (χ3n) is 3.32. The summed E-state index contributed by atoms with van der Waals surface area (Å²) in [5, 5.41) is 12.3. The van der Waals surface area contributed by atoms with Gasteiger partial charge in [-0.2, -0.15) is 0 Å². The molecule has 1 aliphatic heterocycles. The molecule has 2 N–H and O–H groups in total. The molecule has 98 valence electrons. The number of nitrogens with zero attached hydrogens (tertiary/aromatic N) is 2. The number of rotatable bonds is 4. The van der Waals surface area contributed by atoms with Gasteiger partial charge in [0.1, 0.15) is 5.75 Å². The third-order valence-corrected chi connectivity index (χ3v) is 3.32. The number of aromatic nitrogens is 1. The predicted octanol–water partition coefficient (Wildman–Crippen LogP) is 1.00. The molecule has 1 aromatic rings. The van der Waals surface area contributed by atoms with Gasteiger partial charge in [0, 0.05) is 18.8 Å². The van der Waals surface area contributed by atoms with Gasteiger partial charge in [-0.3, -0.25) is 9.69 Å². The predicted molar refractivity (Wildman–Crippen MR) is 68.5 cm³/mol. The molecule has 0 saturated carbocycles. The van der Waals surface area contributed by atoms with E-state index >= 15 is 0 Å². The third kappa shape index (κ3) is 2.98. The van der Waals surface area contributed by atoms with Crippen molar-refractivity contribution in [3.05, 3.63) is 24.0 Å². The molecule has 0 bridgehead atoms. The van der Waals surface area contributed by atoms with Gasteiger partial charge >= 0.3 is 0 Å². The van der Waals surface area contributed by atoms with Crippen molar-refractivity contribution in [1.29, 1.82) is 0 Å². The minimum atomic E-state index is -0.320. The molecule has 5 heteroatoms. The van der Waals surface area contributed by atoms with E-state index in [4.69, 9.17) is 0 Å². The highest BCUT2D eigenvalue weighted by Gasteiger charge is 2.19. The van der Waals surface area contributed by atoms with E-state index in [1.165, 1.54) is 25.1 Å². The fourth-order valence-corrected chi connectivity index (χ4v) is 2.21. The second-order valence-corrected chi connectivity index (χ2v) is 4.67. The monoisotopic (exact) mass is 249 g/mol. The molecule has 1 aliphatic rings. The number of hydrogen-bond acceptors (Lipinski definition) is 4. The van der Waals surface area contributed by atoms with Gasteiger partial charge in [0.15, 0.2) is 5.69 Å². The second kappa shape index (κ2) is 5.82. The number of pyridine rings is 1. The van der Waals surface area contributed by atoms with Crippen molar-refractivity contribution >= 4 is 5.91 Å². The second-order valence-electron chi connectivity index (χ2n) is 4.67. The molecule has 18 heavy (non-hydrogen) atoms. The molecule has 0 radical (unpaired) electrons. The zero-order valence-corrected chi connectivity index (χ0v) is 10.6. The maximum atomic E-state index is 11.8. The van der Waals surface area contributed by atoms with Gasteiger partial charge < -0.3 is 10.4 Å². The lowest BCUT2D eigenvalue weighted by molar-refractivity contribution is 0.0932. The average molecular weight is 249 g/mol. The Morgan fingerprint density at radius 1 is 1.56 bits per heavy atom. The van der Waals surface area contributed by atoms with Crippen LogP contribution in [-0.2, 0) is 0 Å². The molecule has 0 aliphatic carbocycles. The van der Waals surface area contributed by atoms with Crippen LogP contribution >= 0.6 is 0 Å². The summed E-state index contributed by atoms with van der Waals surface area (Å²) in [6.45, 7) is 4.89. The van der Waals surface area contributed by atoms with Gasteiger partial charge in [0.25, 0.3) is 5.91 Å². The Hall–Kier alpha value is -1.62. The first-order valence-corrected chi connectivity index (χ1v) is 6.34. The normalized spacial score (nSPS) is 17.6. The lowest BCUT2D eigenvalue weighted by Gasteiger charge is -2.23. The highest BCUT2D eigenvalue weighted by Crippen LogP contribution is 2.13. The molecule has 1 atom stereocenters. The van der Waals surface area contributed by atoms with Crippen LogP contribution in [0.15, 0.2) is 18.3 Å². The maximum Gasteiger partial charge on any atom is 0.273 e. The molecule has 0 spiro atoms. The zero-order valence-electron chi connectivity index (χ0n) is 10.6. The topological polar surface area (TPSA) is 65.5 Å². The lowest BCUT2D eigenvalue weighted by atomic mass is 10.2. The van der Waals surface area contributed by atoms with Gasteiger partial charge in [0.05, 0.1) is 0 Å². The highest BCUT2D eigenvalue weighted by atomic mass is 16.3. The number of carbonyl (C=O) groups excluding carboxylic acids is 1. The van der Waals surface area contributed by atoms with Crippen LogP contribution in [0.3, 0.4) is 0 Å². The molecular formula is C13H19N3O2. The van der Waals surface area contributed by atoms with Crippen LogP contribution < -0.4 is 5.32 Å². The van der Waals surface area contributed by atoms with E-state index in [9.17, 15) is 9.90 Å². The molecule has 0 unspecified atom stereocenters. The first-order valence-electron chi connectivity index (χ1n) is 6.34. The van der Waals surface area contributed by atoms with Crippen molar-refractivity contribution in [2.45, 2.75) is 25.8 Å². The van der Waals surface area contributed by atoms with Crippen molar-refractivity contribution in [2.75, 3.05) is 19.6 Å². The fourth-order valence-electron chi connectivity index (χ4n) is 2.21. The smallest absolute Gasteiger partial charge is 0.273 e. The summed E-state index contributed by atoms with van der Waals surface area (Å²) in [6.07, 6.45) is 3.97. The van der Waals surface area contributed by atoms with E-state index in [0.717, 1.165) is 13.1 Å². The number of carbonyl (C=O) groups is 1. The minimum Gasteiger partial charge on any atom is -0.505 e. The molecule has 1 amide bonds. The summed E-state index contributed by atoms with van der Waals surface area (Å²) in [5.41, 5.74) is 0.0890. The van der Waals surface area contributed by atoms with E-state index in [1.807, 2.05) is 0 Å². The zero-order chi connectivity index (χ0) is 13.0. The van der Waals surface area contributed by atoms with Crippen molar-refractivity contribution in [3.8, 4) is 5.75 Å². The number of amides is 1. The quantitative estimate of drug-likeness (QED) is 0.835. The summed E-state index contributed by atoms with van der Waals surface area (Å²) in [7, 11) is 0. The van der Waals surface area contributed by atoms with Crippen LogP contribution in [0.1, 0.15) is 30.3 Å². The van der Waals surface area contributed by atoms with Gasteiger partial charge in [-0.1, -0.05) is 0 Å². The van der Waals surface area contributed by atoms with E-state index in [2.05, 4.69) is 22.1 Å². The summed E-state index contributed by atoms with van der Waals surface area (Å²) < 4.78 is 0. The van der Waals surface area contributed by atoms with E-state index in [-0.39, 0.29) is 17.4 Å². The first-order chi connectivity index (χ1) is 8.68. The average Bonchev–Trinajstić information content (AvgIpc) is 2.90. The van der Waals surface area contributed by atoms with Crippen LogP contribution in [0.5, 0.6) is 5.75 Å². The Morgan fingerprint density at radius 3 is 2.94 bits per heavy atom. The van der Waals surface area contributed by atoms with Gasteiger partial charge in [0.2, 0.25) is 0 Å². The van der Waals surface area contributed by atoms with Crippen molar-refractivity contribution in [2.24, 2.45) is 0 Å². The van der Waals surface area contributed by atoms with E-state index < -0.39 is 0 Å². The highest BCUT2D eigenvalue weighted by molar-refractivity contribution is 5.94. The molecular weight excluding hydrogens is 230 g/mol. The molecule has 2 rings (SSSR count). The Kier molecular flexibility index (Phi) is 4.15. The Bertz CT molecular complexity index is 416. The van der Waals surface area contributed by atoms with Gasteiger partial charge in [-0.15, -0.1) is 0 Å².